The van der Waals surface area contributed by atoms with Crippen LogP contribution in [0.2, 0.25) is 0 Å². The van der Waals surface area contributed by atoms with E-state index in [0.717, 1.165) is 16.7 Å². The van der Waals surface area contributed by atoms with Crippen LogP contribution in [0.1, 0.15) is 49.3 Å². The molecule has 1 fully saturated rings. The average Bonchev–Trinajstić information content (AvgIpc) is 2.30. The molecule has 2 rings (SSSR count). The van der Waals surface area contributed by atoms with Gasteiger partial charge in [0, 0.05) is 4.83 Å². The summed E-state index contributed by atoms with van der Waals surface area (Å²) in [4.78, 5) is 0.723. The summed E-state index contributed by atoms with van der Waals surface area (Å²) in [6, 6.07) is 7.00. The zero-order valence-electron chi connectivity index (χ0n) is 11.9. The van der Waals surface area contributed by atoms with Crippen molar-refractivity contribution in [3.05, 3.63) is 34.9 Å². The molecule has 0 bridgehead atoms. The quantitative estimate of drug-likeness (QED) is 0.653. The normalized spacial score (nSPS) is 28.3. The minimum Gasteiger partial charge on any atom is -0.0888 e. The molecule has 1 heteroatoms. The third-order valence-electron chi connectivity index (χ3n) is 4.35. The van der Waals surface area contributed by atoms with E-state index in [1.807, 2.05) is 0 Å². The minimum atomic E-state index is 0.723. The highest BCUT2D eigenvalue weighted by molar-refractivity contribution is 9.09. The standard InChI is InChI=1S/C17H25Br/c1-4-14-5-6-17(18)16(10-14)11-15-8-12(2)7-13(3)9-15/h7-9,14,16-17H,4-6,10-11H2,1-3H3. The van der Waals surface area contributed by atoms with Crippen LogP contribution in [0, 0.1) is 25.7 Å². The third-order valence-corrected chi connectivity index (χ3v) is 5.56. The molecule has 3 atom stereocenters. The maximum Gasteiger partial charge on any atom is 0.0177 e. The lowest BCUT2D eigenvalue weighted by molar-refractivity contribution is 0.271. The van der Waals surface area contributed by atoms with Gasteiger partial charge in [-0.1, -0.05) is 58.6 Å². The predicted octanol–water partition coefficient (Wildman–Crippen LogP) is 5.44. The van der Waals surface area contributed by atoms with Gasteiger partial charge in [-0.3, -0.25) is 0 Å². The fourth-order valence-corrected chi connectivity index (χ4v) is 4.06. The van der Waals surface area contributed by atoms with Crippen LogP contribution in [0.5, 0.6) is 0 Å². The number of aryl methyl sites for hydroxylation is 2. The van der Waals surface area contributed by atoms with Crippen LogP contribution in [-0.4, -0.2) is 4.83 Å². The van der Waals surface area contributed by atoms with E-state index in [-0.39, 0.29) is 0 Å². The fourth-order valence-electron chi connectivity index (χ4n) is 3.40. The molecule has 1 aromatic rings. The molecule has 0 nitrogen and oxygen atoms in total. The zero-order valence-corrected chi connectivity index (χ0v) is 13.5. The first kappa shape index (κ1) is 14.1. The van der Waals surface area contributed by atoms with Crippen LogP contribution in [0.3, 0.4) is 0 Å². The third kappa shape index (κ3) is 3.60. The largest absolute Gasteiger partial charge is 0.0888 e. The molecule has 0 spiro atoms. The Morgan fingerprint density at radius 3 is 2.39 bits per heavy atom. The van der Waals surface area contributed by atoms with Crippen LogP contribution in [0.15, 0.2) is 18.2 Å². The summed E-state index contributed by atoms with van der Waals surface area (Å²) in [5.74, 6) is 1.78. The molecular formula is C17H25Br. The topological polar surface area (TPSA) is 0 Å². The van der Waals surface area contributed by atoms with Crippen molar-refractivity contribution in [1.29, 1.82) is 0 Å². The molecule has 0 amide bonds. The van der Waals surface area contributed by atoms with Crippen LogP contribution >= 0.6 is 15.9 Å². The van der Waals surface area contributed by atoms with Crippen molar-refractivity contribution in [2.24, 2.45) is 11.8 Å². The monoisotopic (exact) mass is 308 g/mol. The molecule has 3 unspecified atom stereocenters. The smallest absolute Gasteiger partial charge is 0.0177 e. The van der Waals surface area contributed by atoms with Gasteiger partial charge in [-0.2, -0.15) is 0 Å². The van der Waals surface area contributed by atoms with E-state index in [2.05, 4.69) is 54.9 Å². The Bertz CT molecular complexity index is 376. The van der Waals surface area contributed by atoms with Gasteiger partial charge >= 0.3 is 0 Å². The summed E-state index contributed by atoms with van der Waals surface area (Å²) in [5.41, 5.74) is 4.33. The molecule has 100 valence electrons. The van der Waals surface area contributed by atoms with Gasteiger partial charge in [-0.15, -0.1) is 0 Å². The van der Waals surface area contributed by atoms with Gasteiger partial charge in [-0.05, 0) is 56.9 Å². The van der Waals surface area contributed by atoms with E-state index in [1.165, 1.54) is 48.8 Å². The molecular weight excluding hydrogens is 284 g/mol. The number of hydrogen-bond acceptors (Lipinski definition) is 0. The molecule has 1 aliphatic rings. The van der Waals surface area contributed by atoms with E-state index >= 15 is 0 Å². The number of alkyl halides is 1. The fraction of sp³-hybridized carbons (Fsp3) is 0.647. The van der Waals surface area contributed by atoms with Gasteiger partial charge in [-0.25, -0.2) is 0 Å². The number of halogens is 1. The van der Waals surface area contributed by atoms with E-state index in [1.54, 1.807) is 0 Å². The van der Waals surface area contributed by atoms with Gasteiger partial charge in [0.15, 0.2) is 0 Å². The van der Waals surface area contributed by atoms with Gasteiger partial charge in [0.1, 0.15) is 0 Å². The van der Waals surface area contributed by atoms with Crippen molar-refractivity contribution >= 4 is 15.9 Å². The SMILES string of the molecule is CCC1CCC(Br)C(Cc2cc(C)cc(C)c2)C1. The van der Waals surface area contributed by atoms with E-state index in [9.17, 15) is 0 Å². The molecule has 0 heterocycles. The first-order valence-electron chi connectivity index (χ1n) is 7.29. The second-order valence-electron chi connectivity index (χ2n) is 6.06. The van der Waals surface area contributed by atoms with Crippen molar-refractivity contribution in [3.63, 3.8) is 0 Å². The molecule has 0 saturated heterocycles. The van der Waals surface area contributed by atoms with Crippen molar-refractivity contribution in [2.75, 3.05) is 0 Å². The molecule has 1 saturated carbocycles. The van der Waals surface area contributed by atoms with Gasteiger partial charge in [0.05, 0.1) is 0 Å². The highest BCUT2D eigenvalue weighted by Gasteiger charge is 2.28. The summed E-state index contributed by atoms with van der Waals surface area (Å²) in [6.45, 7) is 6.75. The maximum absolute atomic E-state index is 3.91. The summed E-state index contributed by atoms with van der Waals surface area (Å²) in [7, 11) is 0. The van der Waals surface area contributed by atoms with Crippen LogP contribution < -0.4 is 0 Å². The van der Waals surface area contributed by atoms with Gasteiger partial charge in [0.2, 0.25) is 0 Å². The second kappa shape index (κ2) is 6.23. The summed E-state index contributed by atoms with van der Waals surface area (Å²) in [6.07, 6.45) is 6.77. The molecule has 1 aliphatic carbocycles. The Balaban J connectivity index is 2.06. The van der Waals surface area contributed by atoms with Crippen LogP contribution in [-0.2, 0) is 6.42 Å². The van der Waals surface area contributed by atoms with E-state index in [0.29, 0.717) is 0 Å². The molecule has 0 aliphatic heterocycles. The maximum atomic E-state index is 3.91. The Morgan fingerprint density at radius 2 is 1.78 bits per heavy atom. The Kier molecular flexibility index (Phi) is 4.89. The number of hydrogen-bond donors (Lipinski definition) is 0. The zero-order chi connectivity index (χ0) is 13.1. The molecule has 0 N–H and O–H groups in total. The van der Waals surface area contributed by atoms with E-state index < -0.39 is 0 Å². The molecule has 1 aromatic carbocycles. The highest BCUT2D eigenvalue weighted by Crippen LogP contribution is 2.37. The van der Waals surface area contributed by atoms with Crippen molar-refractivity contribution in [2.45, 2.75) is 57.7 Å². The highest BCUT2D eigenvalue weighted by atomic mass is 79.9. The Hall–Kier alpha value is -0.300. The predicted molar refractivity (Wildman–Crippen MR) is 83.5 cm³/mol. The summed E-state index contributed by atoms with van der Waals surface area (Å²) < 4.78 is 0. The minimum absolute atomic E-state index is 0.723. The lowest BCUT2D eigenvalue weighted by Gasteiger charge is -2.33. The molecule has 0 radical (unpaired) electrons. The number of rotatable bonds is 3. The second-order valence-corrected chi connectivity index (χ2v) is 7.24. The van der Waals surface area contributed by atoms with Crippen LogP contribution in [0.25, 0.3) is 0 Å². The summed E-state index contributed by atoms with van der Waals surface area (Å²) in [5, 5.41) is 0. The number of benzene rings is 1. The van der Waals surface area contributed by atoms with Crippen molar-refractivity contribution in [3.8, 4) is 0 Å². The van der Waals surface area contributed by atoms with Gasteiger partial charge in [0.25, 0.3) is 0 Å². The lowest BCUT2D eigenvalue weighted by Crippen LogP contribution is -2.26. The Labute approximate surface area is 120 Å². The van der Waals surface area contributed by atoms with Crippen molar-refractivity contribution < 1.29 is 0 Å². The lowest BCUT2D eigenvalue weighted by atomic mass is 9.77. The van der Waals surface area contributed by atoms with Crippen LogP contribution in [0.4, 0.5) is 0 Å². The molecule has 0 aromatic heterocycles. The first-order valence-corrected chi connectivity index (χ1v) is 8.21. The van der Waals surface area contributed by atoms with E-state index in [4.69, 9.17) is 0 Å². The first-order chi connectivity index (χ1) is 8.58. The van der Waals surface area contributed by atoms with Gasteiger partial charge < -0.3 is 0 Å². The van der Waals surface area contributed by atoms with Crippen molar-refractivity contribution in [1.82, 2.24) is 0 Å². The Morgan fingerprint density at radius 1 is 1.11 bits per heavy atom. The summed E-state index contributed by atoms with van der Waals surface area (Å²) >= 11 is 3.91. The average molecular weight is 309 g/mol. The molecule has 18 heavy (non-hydrogen) atoms.